The first-order valence-electron chi connectivity index (χ1n) is 9.95. The molecule has 0 saturated carbocycles. The van der Waals surface area contributed by atoms with E-state index in [4.69, 9.17) is 9.47 Å². The highest BCUT2D eigenvalue weighted by Gasteiger charge is 2.46. The molecule has 0 spiro atoms. The SMILES string of the molecule is COc1ccc(/C(O)=C2\C(=O)C(=O)N(CCCN(C)C)[C@@H]2c2ccccn2)cc1OC. The van der Waals surface area contributed by atoms with E-state index in [-0.39, 0.29) is 11.3 Å². The van der Waals surface area contributed by atoms with Crippen molar-refractivity contribution in [3.63, 3.8) is 0 Å². The number of Topliss-reactive ketones (excluding diaryl/α,β-unsaturated/α-hetero) is 1. The van der Waals surface area contributed by atoms with Crippen molar-refractivity contribution in [3.8, 4) is 11.5 Å². The third-order valence-corrected chi connectivity index (χ3v) is 5.17. The highest BCUT2D eigenvalue weighted by Crippen LogP contribution is 2.40. The molecule has 0 unspecified atom stereocenters. The Balaban J connectivity index is 2.09. The van der Waals surface area contributed by atoms with Crippen LogP contribution in [0.1, 0.15) is 23.7 Å². The zero-order valence-corrected chi connectivity index (χ0v) is 18.2. The van der Waals surface area contributed by atoms with Crippen LogP contribution in [0.2, 0.25) is 0 Å². The number of pyridine rings is 1. The Labute approximate surface area is 181 Å². The summed E-state index contributed by atoms with van der Waals surface area (Å²) < 4.78 is 10.5. The third-order valence-electron chi connectivity index (χ3n) is 5.17. The number of carbonyl (C=O) groups excluding carboxylic acids is 2. The van der Waals surface area contributed by atoms with Crippen molar-refractivity contribution in [2.45, 2.75) is 12.5 Å². The van der Waals surface area contributed by atoms with Crippen LogP contribution in [0.5, 0.6) is 11.5 Å². The average Bonchev–Trinajstić information content (AvgIpc) is 3.03. The zero-order chi connectivity index (χ0) is 22.5. The van der Waals surface area contributed by atoms with Crippen LogP contribution in [-0.4, -0.2) is 73.0 Å². The summed E-state index contributed by atoms with van der Waals surface area (Å²) in [5.74, 6) is -0.750. The predicted octanol–water partition coefficient (Wildman–Crippen LogP) is 2.47. The number of ketones is 1. The molecule has 0 radical (unpaired) electrons. The second-order valence-electron chi connectivity index (χ2n) is 7.47. The molecule has 1 N–H and O–H groups in total. The van der Waals surface area contributed by atoms with Gasteiger partial charge in [-0.15, -0.1) is 0 Å². The molecule has 1 aliphatic heterocycles. The molecule has 1 amide bonds. The summed E-state index contributed by atoms with van der Waals surface area (Å²) in [5.41, 5.74) is 0.888. The van der Waals surface area contributed by atoms with E-state index >= 15 is 0 Å². The molecule has 3 rings (SSSR count). The van der Waals surface area contributed by atoms with Gasteiger partial charge in [0.15, 0.2) is 11.5 Å². The lowest BCUT2D eigenvalue weighted by atomic mass is 9.98. The molecule has 0 bridgehead atoms. The van der Waals surface area contributed by atoms with Crippen LogP contribution in [0.15, 0.2) is 48.2 Å². The minimum atomic E-state index is -0.767. The Bertz CT molecular complexity index is 988. The van der Waals surface area contributed by atoms with Gasteiger partial charge in [0.1, 0.15) is 11.8 Å². The fraction of sp³-hybridized carbons (Fsp3) is 0.348. The Morgan fingerprint density at radius 2 is 1.87 bits per heavy atom. The predicted molar refractivity (Wildman–Crippen MR) is 116 cm³/mol. The van der Waals surface area contributed by atoms with Crippen molar-refractivity contribution >= 4 is 17.4 Å². The van der Waals surface area contributed by atoms with Crippen molar-refractivity contribution in [2.24, 2.45) is 0 Å². The summed E-state index contributed by atoms with van der Waals surface area (Å²) in [6.07, 6.45) is 2.28. The lowest BCUT2D eigenvalue weighted by Gasteiger charge is -2.25. The number of benzene rings is 1. The van der Waals surface area contributed by atoms with E-state index in [0.717, 1.165) is 6.54 Å². The molecule has 1 aromatic carbocycles. The van der Waals surface area contributed by atoms with Gasteiger partial charge in [0.05, 0.1) is 25.5 Å². The van der Waals surface area contributed by atoms with E-state index in [1.807, 2.05) is 19.0 Å². The van der Waals surface area contributed by atoms with Gasteiger partial charge >= 0.3 is 0 Å². The number of likely N-dealkylation sites (tertiary alicyclic amines) is 1. The molecular weight excluding hydrogens is 398 g/mol. The number of aliphatic hydroxyl groups is 1. The number of aromatic nitrogens is 1. The first-order chi connectivity index (χ1) is 14.9. The maximum absolute atomic E-state index is 13.0. The van der Waals surface area contributed by atoms with Crippen molar-refractivity contribution in [2.75, 3.05) is 41.4 Å². The fourth-order valence-corrected chi connectivity index (χ4v) is 3.65. The molecular formula is C23H27N3O5. The van der Waals surface area contributed by atoms with Gasteiger partial charge in [-0.1, -0.05) is 6.07 Å². The average molecular weight is 425 g/mol. The number of amides is 1. The Hall–Kier alpha value is -3.39. The van der Waals surface area contributed by atoms with Gasteiger partial charge in [-0.05, 0) is 57.4 Å². The topological polar surface area (TPSA) is 92.2 Å². The van der Waals surface area contributed by atoms with Crippen LogP contribution in [-0.2, 0) is 9.59 Å². The number of hydrogen-bond donors (Lipinski definition) is 1. The Morgan fingerprint density at radius 3 is 2.48 bits per heavy atom. The Kier molecular flexibility index (Phi) is 6.91. The van der Waals surface area contributed by atoms with Crippen molar-refractivity contribution in [1.29, 1.82) is 0 Å². The number of ether oxygens (including phenoxy) is 2. The minimum absolute atomic E-state index is 0.0146. The highest BCUT2D eigenvalue weighted by molar-refractivity contribution is 6.46. The van der Waals surface area contributed by atoms with Crippen LogP contribution >= 0.6 is 0 Å². The van der Waals surface area contributed by atoms with Crippen LogP contribution in [0.3, 0.4) is 0 Å². The third kappa shape index (κ3) is 4.54. The second-order valence-corrected chi connectivity index (χ2v) is 7.47. The van der Waals surface area contributed by atoms with Crippen molar-refractivity contribution in [3.05, 3.63) is 59.4 Å². The highest BCUT2D eigenvalue weighted by atomic mass is 16.5. The maximum atomic E-state index is 13.0. The van der Waals surface area contributed by atoms with Gasteiger partial charge < -0.3 is 24.4 Å². The van der Waals surface area contributed by atoms with E-state index in [1.54, 1.807) is 42.6 Å². The number of methoxy groups -OCH3 is 2. The van der Waals surface area contributed by atoms with E-state index in [0.29, 0.717) is 35.7 Å². The standard InChI is InChI=1S/C23H27N3O5/c1-25(2)12-7-13-26-20(16-8-5-6-11-24-16)19(22(28)23(26)29)21(27)15-9-10-17(30-3)18(14-15)31-4/h5-6,8-11,14,20,27H,7,12-13H2,1-4H3/b21-19+/t20-/m1/s1. The molecule has 1 aromatic heterocycles. The number of rotatable bonds is 8. The van der Waals surface area contributed by atoms with Crippen molar-refractivity contribution < 1.29 is 24.2 Å². The molecule has 1 saturated heterocycles. The van der Waals surface area contributed by atoms with Gasteiger partial charge in [-0.2, -0.15) is 0 Å². The van der Waals surface area contributed by atoms with Crippen LogP contribution in [0, 0.1) is 0 Å². The maximum Gasteiger partial charge on any atom is 0.295 e. The summed E-state index contributed by atoms with van der Waals surface area (Å²) in [4.78, 5) is 33.7. The summed E-state index contributed by atoms with van der Waals surface area (Å²) in [7, 11) is 6.89. The van der Waals surface area contributed by atoms with E-state index < -0.39 is 17.7 Å². The Morgan fingerprint density at radius 1 is 1.13 bits per heavy atom. The fourth-order valence-electron chi connectivity index (χ4n) is 3.65. The quantitative estimate of drug-likeness (QED) is 0.395. The van der Waals surface area contributed by atoms with Gasteiger partial charge in [-0.25, -0.2) is 0 Å². The molecule has 8 heteroatoms. The van der Waals surface area contributed by atoms with Crippen LogP contribution < -0.4 is 9.47 Å². The lowest BCUT2D eigenvalue weighted by Crippen LogP contribution is -2.32. The molecule has 2 heterocycles. The zero-order valence-electron chi connectivity index (χ0n) is 18.2. The summed E-state index contributed by atoms with van der Waals surface area (Å²) >= 11 is 0. The van der Waals surface area contributed by atoms with Crippen molar-refractivity contribution in [1.82, 2.24) is 14.8 Å². The molecule has 8 nitrogen and oxygen atoms in total. The second kappa shape index (κ2) is 9.61. The smallest absolute Gasteiger partial charge is 0.295 e. The lowest BCUT2D eigenvalue weighted by molar-refractivity contribution is -0.140. The monoisotopic (exact) mass is 425 g/mol. The van der Waals surface area contributed by atoms with Gasteiger partial charge in [0.2, 0.25) is 0 Å². The van der Waals surface area contributed by atoms with Crippen LogP contribution in [0.4, 0.5) is 0 Å². The summed E-state index contributed by atoms with van der Waals surface area (Å²) in [6, 6.07) is 9.36. The minimum Gasteiger partial charge on any atom is -0.507 e. The number of hydrogen-bond acceptors (Lipinski definition) is 7. The largest absolute Gasteiger partial charge is 0.507 e. The number of nitrogens with zero attached hydrogens (tertiary/aromatic N) is 3. The van der Waals surface area contributed by atoms with Crippen LogP contribution in [0.25, 0.3) is 5.76 Å². The first-order valence-corrected chi connectivity index (χ1v) is 9.95. The molecule has 1 atom stereocenters. The number of aliphatic hydroxyl groups excluding tert-OH is 1. The summed E-state index contributed by atoms with van der Waals surface area (Å²) in [5, 5.41) is 11.1. The van der Waals surface area contributed by atoms with Gasteiger partial charge in [0, 0.05) is 18.3 Å². The number of carbonyl (C=O) groups is 2. The molecule has 164 valence electrons. The van der Waals surface area contributed by atoms with E-state index in [9.17, 15) is 14.7 Å². The molecule has 31 heavy (non-hydrogen) atoms. The molecule has 1 fully saturated rings. The molecule has 0 aliphatic carbocycles. The first kappa shape index (κ1) is 22.3. The molecule has 1 aliphatic rings. The normalized spacial score (nSPS) is 18.0. The van der Waals surface area contributed by atoms with Gasteiger partial charge in [-0.3, -0.25) is 14.6 Å². The van der Waals surface area contributed by atoms with Gasteiger partial charge in [0.25, 0.3) is 11.7 Å². The van der Waals surface area contributed by atoms with E-state index in [1.165, 1.54) is 19.1 Å². The molecule has 2 aromatic rings. The van der Waals surface area contributed by atoms with E-state index in [2.05, 4.69) is 4.98 Å². The summed E-state index contributed by atoms with van der Waals surface area (Å²) in [6.45, 7) is 1.13.